The van der Waals surface area contributed by atoms with Crippen LogP contribution in [0.2, 0.25) is 0 Å². The number of hydrogen-bond donors (Lipinski definition) is 1. The number of sulfonamides is 1. The molecule has 160 valence electrons. The lowest BCUT2D eigenvalue weighted by atomic mass is 9.96. The van der Waals surface area contributed by atoms with Crippen molar-refractivity contribution in [1.29, 1.82) is 0 Å². The van der Waals surface area contributed by atoms with Gasteiger partial charge in [-0.05, 0) is 91.7 Å². The Kier molecular flexibility index (Phi) is 6.63. The van der Waals surface area contributed by atoms with Crippen LogP contribution in [0.1, 0.15) is 55.3 Å². The number of nitrogens with one attached hydrogen (secondary N) is 1. The molecule has 1 aromatic carbocycles. The van der Waals surface area contributed by atoms with Crippen LogP contribution >= 0.6 is 15.9 Å². The average molecular weight is 484 g/mol. The fourth-order valence-corrected chi connectivity index (χ4v) is 6.15. The topological polar surface area (TPSA) is 69.7 Å². The summed E-state index contributed by atoms with van der Waals surface area (Å²) >= 11 is 3.45. The largest absolute Gasteiger partial charge is 0.338 e. The van der Waals surface area contributed by atoms with Crippen molar-refractivity contribution < 1.29 is 13.2 Å². The third-order valence-electron chi connectivity index (χ3n) is 6.15. The molecule has 4 rings (SSSR count). The summed E-state index contributed by atoms with van der Waals surface area (Å²) in [6.45, 7) is 4.89. The molecule has 0 aromatic heterocycles. The van der Waals surface area contributed by atoms with Gasteiger partial charge in [-0.25, -0.2) is 13.1 Å². The predicted octanol–water partition coefficient (Wildman–Crippen LogP) is 3.23. The molecule has 2 aliphatic heterocycles. The Morgan fingerprint density at radius 1 is 1.07 bits per heavy atom. The number of nitrogens with zero attached hydrogens (tertiary/aromatic N) is 2. The highest BCUT2D eigenvalue weighted by Crippen LogP contribution is 2.27. The summed E-state index contributed by atoms with van der Waals surface area (Å²) in [4.78, 5) is 17.8. The minimum Gasteiger partial charge on any atom is -0.338 e. The number of halogens is 1. The minimum absolute atomic E-state index is 0.0421. The summed E-state index contributed by atoms with van der Waals surface area (Å²) in [6.07, 6.45) is 7.80. The van der Waals surface area contributed by atoms with E-state index in [1.165, 1.54) is 38.4 Å². The monoisotopic (exact) mass is 483 g/mol. The molecule has 1 N–H and O–H groups in total. The van der Waals surface area contributed by atoms with Crippen LogP contribution in [0.3, 0.4) is 0 Å². The molecule has 0 unspecified atom stereocenters. The molecule has 0 radical (unpaired) electrons. The van der Waals surface area contributed by atoms with Crippen molar-refractivity contribution in [3.63, 3.8) is 0 Å². The van der Waals surface area contributed by atoms with Crippen molar-refractivity contribution in [2.24, 2.45) is 5.92 Å². The zero-order chi connectivity index (χ0) is 20.4. The molecule has 2 heterocycles. The smallest absolute Gasteiger partial charge is 0.255 e. The van der Waals surface area contributed by atoms with Crippen LogP contribution in [0.4, 0.5) is 0 Å². The van der Waals surface area contributed by atoms with E-state index in [9.17, 15) is 13.2 Å². The number of amides is 1. The van der Waals surface area contributed by atoms with Crippen molar-refractivity contribution in [2.45, 2.75) is 55.9 Å². The highest BCUT2D eigenvalue weighted by atomic mass is 79.9. The number of benzene rings is 1. The Morgan fingerprint density at radius 2 is 1.83 bits per heavy atom. The highest BCUT2D eigenvalue weighted by Gasteiger charge is 2.30. The molecule has 0 spiro atoms. The van der Waals surface area contributed by atoms with Crippen LogP contribution in [0.25, 0.3) is 0 Å². The van der Waals surface area contributed by atoms with E-state index < -0.39 is 10.0 Å². The van der Waals surface area contributed by atoms with E-state index in [-0.39, 0.29) is 16.8 Å². The molecule has 3 aliphatic rings. The molecule has 8 heteroatoms. The van der Waals surface area contributed by atoms with Crippen molar-refractivity contribution in [2.75, 3.05) is 32.7 Å². The molecular weight excluding hydrogens is 454 g/mol. The van der Waals surface area contributed by atoms with Gasteiger partial charge >= 0.3 is 0 Å². The van der Waals surface area contributed by atoms with Crippen molar-refractivity contribution in [1.82, 2.24) is 14.5 Å². The van der Waals surface area contributed by atoms with E-state index in [0.717, 1.165) is 45.3 Å². The van der Waals surface area contributed by atoms with Gasteiger partial charge < -0.3 is 9.80 Å². The van der Waals surface area contributed by atoms with Gasteiger partial charge in [-0.15, -0.1) is 0 Å². The Morgan fingerprint density at radius 3 is 2.55 bits per heavy atom. The van der Waals surface area contributed by atoms with E-state index in [4.69, 9.17) is 0 Å². The normalized spacial score (nSPS) is 23.9. The van der Waals surface area contributed by atoms with Gasteiger partial charge in [-0.3, -0.25) is 4.79 Å². The van der Waals surface area contributed by atoms with Crippen LogP contribution in [0, 0.1) is 5.92 Å². The van der Waals surface area contributed by atoms with Crippen LogP contribution < -0.4 is 4.72 Å². The molecule has 6 nitrogen and oxygen atoms in total. The van der Waals surface area contributed by atoms with Gasteiger partial charge in [0.2, 0.25) is 10.0 Å². The molecular formula is C21H30BrN3O3S. The van der Waals surface area contributed by atoms with E-state index in [1.807, 2.05) is 4.90 Å². The lowest BCUT2D eigenvalue weighted by Crippen LogP contribution is -2.44. The van der Waals surface area contributed by atoms with Gasteiger partial charge in [0, 0.05) is 30.1 Å². The van der Waals surface area contributed by atoms with Gasteiger partial charge in [0.05, 0.1) is 10.5 Å². The highest BCUT2D eigenvalue weighted by molar-refractivity contribution is 9.10. The first kappa shape index (κ1) is 21.3. The van der Waals surface area contributed by atoms with Gasteiger partial charge in [-0.2, -0.15) is 0 Å². The van der Waals surface area contributed by atoms with Crippen molar-refractivity contribution in [3.8, 4) is 0 Å². The standard InChI is InChI=1S/C21H30BrN3O3S/c22-20-9-8-18(29(27,28)23-17-6-7-17)13-19(20)21(26)25-12-4-5-16(15-25)14-24-10-2-1-3-11-24/h8-9,13,16-17,23H,1-7,10-12,14-15H2/t16-/m0/s1. The van der Waals surface area contributed by atoms with Crippen LogP contribution in [0.5, 0.6) is 0 Å². The van der Waals surface area contributed by atoms with Gasteiger partial charge in [0.15, 0.2) is 0 Å². The van der Waals surface area contributed by atoms with Crippen molar-refractivity contribution >= 4 is 31.9 Å². The second-order valence-corrected chi connectivity index (χ2v) is 11.2. The summed E-state index contributed by atoms with van der Waals surface area (Å²) in [6, 6.07) is 4.79. The SMILES string of the molecule is O=C(c1cc(S(=O)(=O)NC2CC2)ccc1Br)N1CCC[C@@H](CN2CCCCC2)C1. The third kappa shape index (κ3) is 5.40. The number of hydrogen-bond acceptors (Lipinski definition) is 4. The maximum Gasteiger partial charge on any atom is 0.255 e. The molecule has 1 atom stereocenters. The Hall–Kier alpha value is -0.960. The van der Waals surface area contributed by atoms with E-state index in [1.54, 1.807) is 12.1 Å². The lowest BCUT2D eigenvalue weighted by Gasteiger charge is -2.37. The number of carbonyl (C=O) groups excluding carboxylic acids is 1. The minimum atomic E-state index is -3.58. The molecule has 2 saturated heterocycles. The molecule has 1 amide bonds. The fraction of sp³-hybridized carbons (Fsp3) is 0.667. The molecule has 1 saturated carbocycles. The summed E-state index contributed by atoms with van der Waals surface area (Å²) in [7, 11) is -3.58. The van der Waals surface area contributed by atoms with Crippen LogP contribution in [-0.4, -0.2) is 62.9 Å². The molecule has 1 aliphatic carbocycles. The van der Waals surface area contributed by atoms with Crippen LogP contribution in [0.15, 0.2) is 27.6 Å². The summed E-state index contributed by atoms with van der Waals surface area (Å²) in [5.74, 6) is 0.414. The quantitative estimate of drug-likeness (QED) is 0.673. The predicted molar refractivity (Wildman–Crippen MR) is 116 cm³/mol. The van der Waals surface area contributed by atoms with Gasteiger partial charge in [-0.1, -0.05) is 6.42 Å². The number of rotatable bonds is 6. The summed E-state index contributed by atoms with van der Waals surface area (Å²) < 4.78 is 28.5. The Bertz CT molecular complexity index is 851. The number of likely N-dealkylation sites (tertiary alicyclic amines) is 2. The van der Waals surface area contributed by atoms with E-state index >= 15 is 0 Å². The number of carbonyl (C=O) groups is 1. The molecule has 29 heavy (non-hydrogen) atoms. The van der Waals surface area contributed by atoms with Crippen molar-refractivity contribution in [3.05, 3.63) is 28.2 Å². The Labute approximate surface area is 182 Å². The maximum absolute atomic E-state index is 13.2. The van der Waals surface area contributed by atoms with E-state index in [0.29, 0.717) is 16.0 Å². The number of piperidine rings is 2. The zero-order valence-corrected chi connectivity index (χ0v) is 19.2. The first-order valence-electron chi connectivity index (χ1n) is 10.8. The lowest BCUT2D eigenvalue weighted by molar-refractivity contribution is 0.0630. The first-order valence-corrected chi connectivity index (χ1v) is 13.0. The molecule has 3 fully saturated rings. The van der Waals surface area contributed by atoms with E-state index in [2.05, 4.69) is 25.6 Å². The third-order valence-corrected chi connectivity index (χ3v) is 8.36. The maximum atomic E-state index is 13.2. The zero-order valence-electron chi connectivity index (χ0n) is 16.8. The summed E-state index contributed by atoms with van der Waals surface area (Å²) in [5.41, 5.74) is 0.433. The van der Waals surface area contributed by atoms with Gasteiger partial charge in [0.25, 0.3) is 5.91 Å². The van der Waals surface area contributed by atoms with Crippen LogP contribution in [-0.2, 0) is 10.0 Å². The first-order chi connectivity index (χ1) is 13.9. The summed E-state index contributed by atoms with van der Waals surface area (Å²) in [5, 5.41) is 0. The fourth-order valence-electron chi connectivity index (χ4n) is 4.40. The molecule has 0 bridgehead atoms. The molecule has 1 aromatic rings. The second-order valence-electron chi connectivity index (χ2n) is 8.66. The Balaban J connectivity index is 1.45. The second kappa shape index (κ2) is 9.04. The average Bonchev–Trinajstić information content (AvgIpc) is 3.52. The van der Waals surface area contributed by atoms with Gasteiger partial charge in [0.1, 0.15) is 0 Å².